The Morgan fingerprint density at radius 1 is 1.14 bits per heavy atom. The molecule has 1 saturated heterocycles. The molecule has 22 heavy (non-hydrogen) atoms. The fourth-order valence-electron chi connectivity index (χ4n) is 3.59. The van der Waals surface area contributed by atoms with E-state index in [2.05, 4.69) is 55.1 Å². The van der Waals surface area contributed by atoms with Gasteiger partial charge in [0.15, 0.2) is 0 Å². The van der Waals surface area contributed by atoms with E-state index in [1.807, 2.05) is 12.1 Å². The van der Waals surface area contributed by atoms with E-state index in [1.54, 1.807) is 6.07 Å². The second-order valence-electron chi connectivity index (χ2n) is 6.84. The second-order valence-corrected chi connectivity index (χ2v) is 6.84. The van der Waals surface area contributed by atoms with E-state index in [0.29, 0.717) is 11.7 Å². The average molecular weight is 295 g/mol. The molecule has 1 N–H and O–H groups in total. The normalized spacial score (nSPS) is 26.0. The fourth-order valence-corrected chi connectivity index (χ4v) is 3.59. The first-order valence-corrected chi connectivity index (χ1v) is 8.14. The minimum Gasteiger partial charge on any atom is -0.508 e. The van der Waals surface area contributed by atoms with Crippen LogP contribution in [0.4, 0.5) is 0 Å². The third-order valence-electron chi connectivity index (χ3n) is 5.32. The number of hydrogen-bond donors (Lipinski definition) is 1. The fraction of sp³-hybridized carbons (Fsp3) is 0.400. The first-order valence-electron chi connectivity index (χ1n) is 8.14. The Hall–Kier alpha value is -1.80. The Labute approximate surface area is 133 Å². The average Bonchev–Trinajstić information content (AvgIpc) is 2.52. The van der Waals surface area contributed by atoms with Gasteiger partial charge in [-0.2, -0.15) is 0 Å². The Bertz CT molecular complexity index is 625. The van der Waals surface area contributed by atoms with Crippen molar-refractivity contribution in [2.24, 2.45) is 5.92 Å². The van der Waals surface area contributed by atoms with Gasteiger partial charge < -0.3 is 5.11 Å². The van der Waals surface area contributed by atoms with Crippen LogP contribution in [0.5, 0.6) is 5.75 Å². The van der Waals surface area contributed by atoms with Gasteiger partial charge in [-0.1, -0.05) is 56.3 Å². The van der Waals surface area contributed by atoms with Crippen LogP contribution in [-0.2, 0) is 12.0 Å². The zero-order valence-electron chi connectivity index (χ0n) is 13.5. The number of rotatable bonds is 3. The molecule has 1 aliphatic rings. The summed E-state index contributed by atoms with van der Waals surface area (Å²) >= 11 is 0. The summed E-state index contributed by atoms with van der Waals surface area (Å²) in [6.07, 6.45) is 1.13. The SMILES string of the molecule is CC1CN(Cc2ccccc2)CCC1(C)c1cccc(O)c1. The Morgan fingerprint density at radius 2 is 1.91 bits per heavy atom. The van der Waals surface area contributed by atoms with Gasteiger partial charge in [-0.3, -0.25) is 4.90 Å². The van der Waals surface area contributed by atoms with Crippen LogP contribution in [0.3, 0.4) is 0 Å². The molecule has 0 aromatic heterocycles. The third kappa shape index (κ3) is 3.02. The largest absolute Gasteiger partial charge is 0.508 e. The summed E-state index contributed by atoms with van der Waals surface area (Å²) in [6.45, 7) is 7.90. The lowest BCUT2D eigenvalue weighted by Gasteiger charge is -2.45. The highest BCUT2D eigenvalue weighted by Crippen LogP contribution is 2.40. The molecule has 2 atom stereocenters. The molecule has 0 aliphatic carbocycles. The lowest BCUT2D eigenvalue weighted by Crippen LogP contribution is -2.46. The molecule has 116 valence electrons. The van der Waals surface area contributed by atoms with Crippen LogP contribution in [0.1, 0.15) is 31.4 Å². The van der Waals surface area contributed by atoms with Crippen LogP contribution in [0.25, 0.3) is 0 Å². The van der Waals surface area contributed by atoms with Crippen LogP contribution in [0.15, 0.2) is 54.6 Å². The molecule has 2 heteroatoms. The van der Waals surface area contributed by atoms with Gasteiger partial charge in [0.2, 0.25) is 0 Å². The Balaban J connectivity index is 1.72. The van der Waals surface area contributed by atoms with Gasteiger partial charge in [0.05, 0.1) is 0 Å². The minimum absolute atomic E-state index is 0.145. The molecule has 3 rings (SSSR count). The van der Waals surface area contributed by atoms with Crippen molar-refractivity contribution < 1.29 is 5.11 Å². The summed E-state index contributed by atoms with van der Waals surface area (Å²) in [4.78, 5) is 2.55. The molecule has 1 heterocycles. The minimum atomic E-state index is 0.145. The topological polar surface area (TPSA) is 23.5 Å². The molecule has 0 amide bonds. The van der Waals surface area contributed by atoms with Crippen molar-refractivity contribution in [3.8, 4) is 5.75 Å². The second kappa shape index (κ2) is 6.13. The van der Waals surface area contributed by atoms with Crippen molar-refractivity contribution in [2.75, 3.05) is 13.1 Å². The van der Waals surface area contributed by atoms with Gasteiger partial charge in [0.1, 0.15) is 5.75 Å². The maximum atomic E-state index is 9.78. The van der Waals surface area contributed by atoms with Crippen molar-refractivity contribution in [2.45, 2.75) is 32.2 Å². The van der Waals surface area contributed by atoms with Gasteiger partial charge in [-0.05, 0) is 47.6 Å². The molecule has 2 aromatic carbocycles. The predicted octanol–water partition coefficient (Wildman–Crippen LogP) is 4.19. The summed E-state index contributed by atoms with van der Waals surface area (Å²) in [7, 11) is 0. The van der Waals surface area contributed by atoms with Crippen molar-refractivity contribution in [3.63, 3.8) is 0 Å². The first kappa shape index (κ1) is 15.1. The van der Waals surface area contributed by atoms with Gasteiger partial charge >= 0.3 is 0 Å². The van der Waals surface area contributed by atoms with E-state index in [9.17, 15) is 5.11 Å². The van der Waals surface area contributed by atoms with Crippen LogP contribution in [-0.4, -0.2) is 23.1 Å². The molecule has 1 aliphatic heterocycles. The summed E-state index contributed by atoms with van der Waals surface area (Å²) in [5.74, 6) is 0.935. The molecule has 2 nitrogen and oxygen atoms in total. The zero-order valence-corrected chi connectivity index (χ0v) is 13.5. The van der Waals surface area contributed by atoms with Crippen LogP contribution < -0.4 is 0 Å². The number of benzene rings is 2. The molecule has 0 radical (unpaired) electrons. The summed E-state index contributed by atoms with van der Waals surface area (Å²) < 4.78 is 0. The first-order chi connectivity index (χ1) is 10.6. The van der Waals surface area contributed by atoms with E-state index in [-0.39, 0.29) is 5.41 Å². The smallest absolute Gasteiger partial charge is 0.115 e. The molecule has 0 bridgehead atoms. The zero-order chi connectivity index (χ0) is 15.6. The van der Waals surface area contributed by atoms with Crippen molar-refractivity contribution in [1.29, 1.82) is 0 Å². The van der Waals surface area contributed by atoms with Gasteiger partial charge in [-0.15, -0.1) is 0 Å². The number of phenols is 1. The lowest BCUT2D eigenvalue weighted by molar-refractivity contribution is 0.105. The maximum Gasteiger partial charge on any atom is 0.115 e. The number of likely N-dealkylation sites (tertiary alicyclic amines) is 1. The van der Waals surface area contributed by atoms with E-state index < -0.39 is 0 Å². The highest BCUT2D eigenvalue weighted by Gasteiger charge is 2.37. The van der Waals surface area contributed by atoms with E-state index >= 15 is 0 Å². The summed E-state index contributed by atoms with van der Waals surface area (Å²) in [5.41, 5.74) is 2.79. The number of piperidine rings is 1. The van der Waals surface area contributed by atoms with E-state index in [1.165, 1.54) is 11.1 Å². The van der Waals surface area contributed by atoms with Crippen molar-refractivity contribution >= 4 is 0 Å². The van der Waals surface area contributed by atoms with E-state index in [4.69, 9.17) is 0 Å². The third-order valence-corrected chi connectivity index (χ3v) is 5.32. The lowest BCUT2D eigenvalue weighted by atomic mass is 9.68. The number of phenolic OH excluding ortho intramolecular Hbond substituents is 1. The molecule has 2 aromatic rings. The quantitative estimate of drug-likeness (QED) is 0.917. The van der Waals surface area contributed by atoms with Crippen LogP contribution in [0, 0.1) is 5.92 Å². The highest BCUT2D eigenvalue weighted by atomic mass is 16.3. The molecule has 1 fully saturated rings. The molecular weight excluding hydrogens is 270 g/mol. The number of aromatic hydroxyl groups is 1. The van der Waals surface area contributed by atoms with Gasteiger partial charge in [0, 0.05) is 13.1 Å². The maximum absolute atomic E-state index is 9.78. The monoisotopic (exact) mass is 295 g/mol. The van der Waals surface area contributed by atoms with Crippen LogP contribution >= 0.6 is 0 Å². The molecule has 2 unspecified atom stereocenters. The standard InChI is InChI=1S/C20H25NO/c1-16-14-21(15-17-7-4-3-5-8-17)12-11-20(16,2)18-9-6-10-19(22)13-18/h3-10,13,16,22H,11-12,14-15H2,1-2H3. The van der Waals surface area contributed by atoms with Gasteiger partial charge in [0.25, 0.3) is 0 Å². The van der Waals surface area contributed by atoms with Crippen molar-refractivity contribution in [1.82, 2.24) is 4.90 Å². The summed E-state index contributed by atoms with van der Waals surface area (Å²) in [6, 6.07) is 18.5. The van der Waals surface area contributed by atoms with Crippen molar-refractivity contribution in [3.05, 3.63) is 65.7 Å². The molecular formula is C20H25NO. The molecule has 0 spiro atoms. The Morgan fingerprint density at radius 3 is 2.59 bits per heavy atom. The van der Waals surface area contributed by atoms with Gasteiger partial charge in [-0.25, -0.2) is 0 Å². The number of hydrogen-bond acceptors (Lipinski definition) is 2. The van der Waals surface area contributed by atoms with E-state index in [0.717, 1.165) is 26.1 Å². The Kier molecular flexibility index (Phi) is 4.21. The number of nitrogens with zero attached hydrogens (tertiary/aromatic N) is 1. The molecule has 0 saturated carbocycles. The highest BCUT2D eigenvalue weighted by molar-refractivity contribution is 5.33. The van der Waals surface area contributed by atoms with Crippen LogP contribution in [0.2, 0.25) is 0 Å². The summed E-state index contributed by atoms with van der Waals surface area (Å²) in [5, 5.41) is 9.78. The predicted molar refractivity (Wildman–Crippen MR) is 91.0 cm³/mol.